The second kappa shape index (κ2) is 6.41. The Bertz CT molecular complexity index is 994. The third-order valence-corrected chi connectivity index (χ3v) is 3.50. The average Bonchev–Trinajstić information content (AvgIpc) is 2.58. The van der Waals surface area contributed by atoms with Gasteiger partial charge in [0.1, 0.15) is 12.1 Å². The average molecular weight is 322 g/mol. The normalized spacial score (nSPS) is 10.5. The summed E-state index contributed by atoms with van der Waals surface area (Å²) in [5, 5.41) is 10.7. The quantitative estimate of drug-likeness (QED) is 0.737. The van der Waals surface area contributed by atoms with Gasteiger partial charge in [0.2, 0.25) is 5.91 Å². The smallest absolute Gasteiger partial charge is 0.278 e. The highest BCUT2D eigenvalue weighted by Gasteiger charge is 2.12. The Morgan fingerprint density at radius 3 is 2.58 bits per heavy atom. The molecule has 1 heterocycles. The lowest BCUT2D eigenvalue weighted by Gasteiger charge is -2.09. The molecule has 3 aromatic rings. The number of hydrogen-bond donors (Lipinski definition) is 1. The summed E-state index contributed by atoms with van der Waals surface area (Å²) in [6, 6.07) is 13.5. The van der Waals surface area contributed by atoms with Crippen LogP contribution in [0.15, 0.2) is 53.3 Å². The third-order valence-electron chi connectivity index (χ3n) is 3.50. The maximum absolute atomic E-state index is 12.3. The maximum atomic E-state index is 12.3. The molecule has 0 aliphatic rings. The first-order chi connectivity index (χ1) is 11.6. The molecule has 0 aliphatic carbocycles. The zero-order valence-corrected chi connectivity index (χ0v) is 12.9. The number of benzene rings is 2. The monoisotopic (exact) mass is 322 g/mol. The predicted molar refractivity (Wildman–Crippen MR) is 88.9 cm³/mol. The van der Waals surface area contributed by atoms with Crippen LogP contribution in [0.4, 0.5) is 5.69 Å². The van der Waals surface area contributed by atoms with Crippen molar-refractivity contribution in [2.45, 2.75) is 13.5 Å². The van der Waals surface area contributed by atoms with Gasteiger partial charge in [-0.1, -0.05) is 29.5 Å². The van der Waals surface area contributed by atoms with Crippen LogP contribution in [0.5, 0.6) is 0 Å². The highest BCUT2D eigenvalue weighted by Crippen LogP contribution is 2.15. The summed E-state index contributed by atoms with van der Waals surface area (Å²) >= 11 is 0. The number of rotatable bonds is 4. The van der Waals surface area contributed by atoms with E-state index < -0.39 is 11.5 Å². The summed E-state index contributed by atoms with van der Waals surface area (Å²) in [5.74, 6) is -0.621. The highest BCUT2D eigenvalue weighted by atomic mass is 16.2. The number of carbonyl (C=O) groups excluding carboxylic acids is 2. The van der Waals surface area contributed by atoms with Gasteiger partial charge in [0.05, 0.1) is 11.1 Å². The minimum Gasteiger partial charge on any atom is -0.324 e. The van der Waals surface area contributed by atoms with E-state index >= 15 is 0 Å². The van der Waals surface area contributed by atoms with E-state index in [1.54, 1.807) is 48.5 Å². The van der Waals surface area contributed by atoms with Gasteiger partial charge < -0.3 is 5.32 Å². The van der Waals surface area contributed by atoms with Crippen LogP contribution in [-0.2, 0) is 11.3 Å². The number of hydrogen-bond acceptors (Lipinski definition) is 5. The van der Waals surface area contributed by atoms with Gasteiger partial charge in [0.25, 0.3) is 5.56 Å². The van der Waals surface area contributed by atoms with Crippen molar-refractivity contribution < 1.29 is 9.59 Å². The third kappa shape index (κ3) is 3.05. The highest BCUT2D eigenvalue weighted by molar-refractivity contribution is 6.03. The number of Topliss-reactive ketones (excluding diaryl/α,β-unsaturated/α-hetero) is 1. The molecule has 0 saturated heterocycles. The van der Waals surface area contributed by atoms with E-state index in [1.807, 2.05) is 0 Å². The fourth-order valence-corrected chi connectivity index (χ4v) is 2.35. The second-order valence-electron chi connectivity index (χ2n) is 5.22. The van der Waals surface area contributed by atoms with Crippen molar-refractivity contribution >= 4 is 28.3 Å². The van der Waals surface area contributed by atoms with Gasteiger partial charge in [-0.05, 0) is 31.2 Å². The van der Waals surface area contributed by atoms with Gasteiger partial charge in [0, 0.05) is 5.56 Å². The molecule has 1 N–H and O–H groups in total. The van der Waals surface area contributed by atoms with Crippen molar-refractivity contribution in [1.82, 2.24) is 15.0 Å². The predicted octanol–water partition coefficient (Wildman–Crippen LogP) is 1.63. The van der Waals surface area contributed by atoms with E-state index in [4.69, 9.17) is 0 Å². The molecule has 0 unspecified atom stereocenters. The fraction of sp³-hybridized carbons (Fsp3) is 0.118. The Kier molecular flexibility index (Phi) is 4.15. The van der Waals surface area contributed by atoms with Crippen LogP contribution in [0.3, 0.4) is 0 Å². The zero-order chi connectivity index (χ0) is 17.1. The van der Waals surface area contributed by atoms with E-state index in [1.165, 1.54) is 6.92 Å². The Balaban J connectivity index is 1.85. The molecule has 0 spiro atoms. The molecule has 0 radical (unpaired) electrons. The number of carbonyl (C=O) groups is 2. The maximum Gasteiger partial charge on any atom is 0.278 e. The van der Waals surface area contributed by atoms with E-state index in [9.17, 15) is 14.4 Å². The van der Waals surface area contributed by atoms with Crippen molar-refractivity contribution in [3.63, 3.8) is 0 Å². The first-order valence-electron chi connectivity index (χ1n) is 7.28. The van der Waals surface area contributed by atoms with Gasteiger partial charge in [-0.25, -0.2) is 4.68 Å². The number of ketones is 1. The summed E-state index contributed by atoms with van der Waals surface area (Å²) in [7, 11) is 0. The van der Waals surface area contributed by atoms with Gasteiger partial charge in [-0.15, -0.1) is 5.10 Å². The molecule has 24 heavy (non-hydrogen) atoms. The number of nitrogens with zero attached hydrogens (tertiary/aromatic N) is 3. The lowest BCUT2D eigenvalue weighted by atomic mass is 10.1. The number of anilines is 1. The van der Waals surface area contributed by atoms with Crippen LogP contribution in [-0.4, -0.2) is 26.7 Å². The van der Waals surface area contributed by atoms with Crippen LogP contribution in [0.25, 0.3) is 10.9 Å². The molecule has 7 nitrogen and oxygen atoms in total. The van der Waals surface area contributed by atoms with Crippen molar-refractivity contribution in [3.8, 4) is 0 Å². The van der Waals surface area contributed by atoms with Crippen LogP contribution in [0.1, 0.15) is 17.3 Å². The standard InChI is InChI=1S/C17H14N4O3/c1-11(22)12-6-2-4-8-14(12)18-16(23)10-21-17(24)13-7-3-5-9-15(13)19-20-21/h2-9H,10H2,1H3,(H,18,23). The molecule has 1 amide bonds. The lowest BCUT2D eigenvalue weighted by Crippen LogP contribution is -2.30. The lowest BCUT2D eigenvalue weighted by molar-refractivity contribution is -0.117. The van der Waals surface area contributed by atoms with Crippen molar-refractivity contribution in [3.05, 3.63) is 64.4 Å². The van der Waals surface area contributed by atoms with Gasteiger partial charge in [-0.2, -0.15) is 0 Å². The minimum absolute atomic E-state index is 0.159. The van der Waals surface area contributed by atoms with Crippen LogP contribution in [0.2, 0.25) is 0 Å². The Morgan fingerprint density at radius 1 is 1.08 bits per heavy atom. The van der Waals surface area contributed by atoms with Crippen molar-refractivity contribution in [2.75, 3.05) is 5.32 Å². The molecular weight excluding hydrogens is 308 g/mol. The van der Waals surface area contributed by atoms with Crippen molar-refractivity contribution in [1.29, 1.82) is 0 Å². The molecule has 120 valence electrons. The molecule has 2 aromatic carbocycles. The van der Waals surface area contributed by atoms with E-state index in [0.717, 1.165) is 4.68 Å². The van der Waals surface area contributed by atoms with Crippen LogP contribution >= 0.6 is 0 Å². The van der Waals surface area contributed by atoms with E-state index in [0.29, 0.717) is 22.2 Å². The zero-order valence-electron chi connectivity index (χ0n) is 12.9. The molecular formula is C17H14N4O3. The fourth-order valence-electron chi connectivity index (χ4n) is 2.35. The molecule has 1 aromatic heterocycles. The molecule has 0 atom stereocenters. The SMILES string of the molecule is CC(=O)c1ccccc1NC(=O)Cn1nnc2ccccc2c1=O. The number of aromatic nitrogens is 3. The summed E-state index contributed by atoms with van der Waals surface area (Å²) < 4.78 is 0.994. The summed E-state index contributed by atoms with van der Waals surface area (Å²) in [5.41, 5.74) is 0.885. The Morgan fingerprint density at radius 2 is 1.79 bits per heavy atom. The first-order valence-corrected chi connectivity index (χ1v) is 7.28. The topological polar surface area (TPSA) is 93.9 Å². The Hall–Kier alpha value is -3.35. The van der Waals surface area contributed by atoms with Gasteiger partial charge in [-0.3, -0.25) is 14.4 Å². The molecule has 0 fully saturated rings. The van der Waals surface area contributed by atoms with Gasteiger partial charge in [0.15, 0.2) is 5.78 Å². The summed E-state index contributed by atoms with van der Waals surface area (Å²) in [4.78, 5) is 36.1. The molecule has 0 saturated carbocycles. The van der Waals surface area contributed by atoms with E-state index in [-0.39, 0.29) is 12.3 Å². The first kappa shape index (κ1) is 15.5. The number of nitrogens with one attached hydrogen (secondary N) is 1. The van der Waals surface area contributed by atoms with Crippen LogP contribution in [0, 0.1) is 0 Å². The van der Waals surface area contributed by atoms with Crippen LogP contribution < -0.4 is 10.9 Å². The van der Waals surface area contributed by atoms with Crippen molar-refractivity contribution in [2.24, 2.45) is 0 Å². The minimum atomic E-state index is -0.463. The van der Waals surface area contributed by atoms with Gasteiger partial charge >= 0.3 is 0 Å². The summed E-state index contributed by atoms with van der Waals surface area (Å²) in [6.45, 7) is 1.13. The molecule has 7 heteroatoms. The molecule has 3 rings (SSSR count). The number of amides is 1. The second-order valence-corrected chi connectivity index (χ2v) is 5.22. The summed E-state index contributed by atoms with van der Waals surface area (Å²) in [6.07, 6.45) is 0. The van der Waals surface area contributed by atoms with E-state index in [2.05, 4.69) is 15.6 Å². The molecule has 0 aliphatic heterocycles. The number of fused-ring (bicyclic) bond motifs is 1. The molecule has 0 bridgehead atoms. The Labute approximate surface area is 136 Å². The number of para-hydroxylation sites is 1. The largest absolute Gasteiger partial charge is 0.324 e.